The van der Waals surface area contributed by atoms with Gasteiger partial charge < -0.3 is 15.2 Å². The van der Waals surface area contributed by atoms with Crippen LogP contribution in [-0.4, -0.2) is 13.2 Å². The molecule has 0 amide bonds. The van der Waals surface area contributed by atoms with Crippen LogP contribution >= 0.6 is 12.4 Å². The molecule has 0 aliphatic carbocycles. The lowest BCUT2D eigenvalue weighted by molar-refractivity contribution is 0.170. The first-order chi connectivity index (χ1) is 5.92. The molecule has 1 heterocycles. The number of nitrogens with two attached hydrogens (primary N) is 1. The maximum absolute atomic E-state index is 5.54. The Morgan fingerprint density at radius 3 is 2.77 bits per heavy atom. The second-order valence-electron chi connectivity index (χ2n) is 2.65. The van der Waals surface area contributed by atoms with Gasteiger partial charge in [0.15, 0.2) is 11.5 Å². The number of hydrogen-bond acceptors (Lipinski definition) is 3. The summed E-state index contributed by atoms with van der Waals surface area (Å²) in [7, 11) is 0. The van der Waals surface area contributed by atoms with Crippen molar-refractivity contribution in [1.82, 2.24) is 0 Å². The Kier molecular flexibility index (Phi) is 3.39. The minimum atomic E-state index is 0. The van der Waals surface area contributed by atoms with Gasteiger partial charge in [-0.2, -0.15) is 0 Å². The number of rotatable bonds is 1. The van der Waals surface area contributed by atoms with E-state index in [2.05, 4.69) is 0 Å². The minimum absolute atomic E-state index is 0. The molecule has 0 aromatic heterocycles. The van der Waals surface area contributed by atoms with Crippen LogP contribution in [0.2, 0.25) is 0 Å². The maximum atomic E-state index is 5.54. The van der Waals surface area contributed by atoms with Crippen LogP contribution in [-0.2, 0) is 6.54 Å². The molecule has 1 aliphatic rings. The first-order valence-corrected chi connectivity index (χ1v) is 3.99. The largest absolute Gasteiger partial charge is 0.486 e. The number of benzene rings is 1. The number of ether oxygens (including phenoxy) is 2. The smallest absolute Gasteiger partial charge is 0.165 e. The molecule has 0 saturated carbocycles. The number of halogens is 1. The highest BCUT2D eigenvalue weighted by molar-refractivity contribution is 5.85. The summed E-state index contributed by atoms with van der Waals surface area (Å²) in [6.07, 6.45) is 0. The molecular formula is C9H12ClNO2. The molecule has 13 heavy (non-hydrogen) atoms. The van der Waals surface area contributed by atoms with E-state index >= 15 is 0 Å². The van der Waals surface area contributed by atoms with Crippen molar-refractivity contribution in [3.63, 3.8) is 0 Å². The van der Waals surface area contributed by atoms with E-state index in [-0.39, 0.29) is 12.4 Å². The van der Waals surface area contributed by atoms with Gasteiger partial charge in [-0.3, -0.25) is 0 Å². The lowest BCUT2D eigenvalue weighted by Gasteiger charge is -2.20. The van der Waals surface area contributed by atoms with E-state index in [1.807, 2.05) is 18.2 Å². The van der Waals surface area contributed by atoms with Crippen LogP contribution in [0, 0.1) is 0 Å². The van der Waals surface area contributed by atoms with Gasteiger partial charge >= 0.3 is 0 Å². The van der Waals surface area contributed by atoms with Crippen molar-refractivity contribution in [2.24, 2.45) is 5.73 Å². The van der Waals surface area contributed by atoms with Crippen molar-refractivity contribution in [2.75, 3.05) is 13.2 Å². The fraction of sp³-hybridized carbons (Fsp3) is 0.333. The standard InChI is InChI=1S/C9H11NO2.ClH/c10-6-7-2-1-3-8-9(7)12-5-4-11-8;/h1-3H,4-6,10H2;1H. The minimum Gasteiger partial charge on any atom is -0.486 e. The number of fused-ring (bicyclic) bond motifs is 1. The molecule has 1 aromatic carbocycles. The molecule has 2 rings (SSSR count). The third-order valence-electron chi connectivity index (χ3n) is 1.87. The Hall–Kier alpha value is -0.930. The van der Waals surface area contributed by atoms with Crippen LogP contribution in [0.1, 0.15) is 5.56 Å². The molecule has 0 saturated heterocycles. The lowest BCUT2D eigenvalue weighted by atomic mass is 10.2. The van der Waals surface area contributed by atoms with Crippen LogP contribution in [0.15, 0.2) is 18.2 Å². The zero-order chi connectivity index (χ0) is 8.39. The Bertz CT molecular complexity index is 277. The van der Waals surface area contributed by atoms with Gasteiger partial charge in [0, 0.05) is 12.1 Å². The first-order valence-electron chi connectivity index (χ1n) is 3.99. The Labute approximate surface area is 83.2 Å². The lowest BCUT2D eigenvalue weighted by Crippen LogP contribution is -2.17. The number of para-hydroxylation sites is 1. The molecule has 1 aromatic rings. The van der Waals surface area contributed by atoms with Crippen LogP contribution in [0.3, 0.4) is 0 Å². The van der Waals surface area contributed by atoms with Crippen molar-refractivity contribution in [2.45, 2.75) is 6.54 Å². The predicted molar refractivity (Wildman–Crippen MR) is 52.6 cm³/mol. The second-order valence-corrected chi connectivity index (χ2v) is 2.65. The molecule has 3 nitrogen and oxygen atoms in total. The van der Waals surface area contributed by atoms with Crippen LogP contribution in [0.5, 0.6) is 11.5 Å². The molecule has 0 bridgehead atoms. The van der Waals surface area contributed by atoms with E-state index in [4.69, 9.17) is 15.2 Å². The van der Waals surface area contributed by atoms with E-state index < -0.39 is 0 Å². The molecule has 1 aliphatic heterocycles. The highest BCUT2D eigenvalue weighted by Gasteiger charge is 2.13. The fourth-order valence-corrected chi connectivity index (χ4v) is 1.29. The highest BCUT2D eigenvalue weighted by atomic mass is 35.5. The van der Waals surface area contributed by atoms with Crippen molar-refractivity contribution >= 4 is 12.4 Å². The van der Waals surface area contributed by atoms with Gasteiger partial charge in [-0.25, -0.2) is 0 Å². The van der Waals surface area contributed by atoms with E-state index in [9.17, 15) is 0 Å². The molecule has 72 valence electrons. The van der Waals surface area contributed by atoms with Gasteiger partial charge in [-0.15, -0.1) is 12.4 Å². The summed E-state index contributed by atoms with van der Waals surface area (Å²) in [6.45, 7) is 1.73. The topological polar surface area (TPSA) is 44.5 Å². The molecule has 2 N–H and O–H groups in total. The fourth-order valence-electron chi connectivity index (χ4n) is 1.29. The molecule has 0 spiro atoms. The summed E-state index contributed by atoms with van der Waals surface area (Å²) < 4.78 is 10.8. The zero-order valence-corrected chi connectivity index (χ0v) is 7.97. The summed E-state index contributed by atoms with van der Waals surface area (Å²) in [5, 5.41) is 0. The summed E-state index contributed by atoms with van der Waals surface area (Å²) in [5.41, 5.74) is 6.55. The summed E-state index contributed by atoms with van der Waals surface area (Å²) in [6, 6.07) is 5.77. The maximum Gasteiger partial charge on any atom is 0.165 e. The van der Waals surface area contributed by atoms with Crippen molar-refractivity contribution in [3.05, 3.63) is 23.8 Å². The van der Waals surface area contributed by atoms with Crippen LogP contribution in [0.25, 0.3) is 0 Å². The highest BCUT2D eigenvalue weighted by Crippen LogP contribution is 2.32. The average Bonchev–Trinajstić information content (AvgIpc) is 2.17. The van der Waals surface area contributed by atoms with Gasteiger partial charge in [-0.1, -0.05) is 12.1 Å². The second kappa shape index (κ2) is 4.35. The average molecular weight is 202 g/mol. The summed E-state index contributed by atoms with van der Waals surface area (Å²) in [4.78, 5) is 0. The van der Waals surface area contributed by atoms with E-state index in [1.165, 1.54) is 0 Å². The molecule has 4 heteroatoms. The monoisotopic (exact) mass is 201 g/mol. The molecule has 0 unspecified atom stereocenters. The van der Waals surface area contributed by atoms with E-state index in [0.717, 1.165) is 17.1 Å². The Morgan fingerprint density at radius 2 is 2.00 bits per heavy atom. The Balaban J connectivity index is 0.000000845. The van der Waals surface area contributed by atoms with Gasteiger partial charge in [-0.05, 0) is 6.07 Å². The Morgan fingerprint density at radius 1 is 1.23 bits per heavy atom. The van der Waals surface area contributed by atoms with Crippen molar-refractivity contribution in [3.8, 4) is 11.5 Å². The molecule has 0 fully saturated rings. The van der Waals surface area contributed by atoms with Gasteiger partial charge in [0.1, 0.15) is 13.2 Å². The molecular weight excluding hydrogens is 190 g/mol. The predicted octanol–water partition coefficient (Wildman–Crippen LogP) is 1.34. The van der Waals surface area contributed by atoms with E-state index in [0.29, 0.717) is 19.8 Å². The van der Waals surface area contributed by atoms with E-state index in [1.54, 1.807) is 0 Å². The normalized spacial score (nSPS) is 13.3. The zero-order valence-electron chi connectivity index (χ0n) is 7.16. The van der Waals surface area contributed by atoms with Crippen LogP contribution < -0.4 is 15.2 Å². The van der Waals surface area contributed by atoms with Crippen LogP contribution in [0.4, 0.5) is 0 Å². The van der Waals surface area contributed by atoms with Gasteiger partial charge in [0.05, 0.1) is 0 Å². The van der Waals surface area contributed by atoms with Gasteiger partial charge in [0.25, 0.3) is 0 Å². The summed E-state index contributed by atoms with van der Waals surface area (Å²) in [5.74, 6) is 1.62. The van der Waals surface area contributed by atoms with Crippen molar-refractivity contribution in [1.29, 1.82) is 0 Å². The third-order valence-corrected chi connectivity index (χ3v) is 1.87. The first kappa shape index (κ1) is 10.2. The molecule has 0 radical (unpaired) electrons. The number of hydrogen-bond donors (Lipinski definition) is 1. The van der Waals surface area contributed by atoms with Gasteiger partial charge in [0.2, 0.25) is 0 Å². The van der Waals surface area contributed by atoms with Crippen molar-refractivity contribution < 1.29 is 9.47 Å². The quantitative estimate of drug-likeness (QED) is 0.746. The molecule has 0 atom stereocenters. The summed E-state index contributed by atoms with van der Waals surface area (Å²) >= 11 is 0. The SMILES string of the molecule is Cl.NCc1cccc2c1OCCO2. The third kappa shape index (κ3) is 1.87.